The van der Waals surface area contributed by atoms with Crippen LogP contribution in [0.15, 0.2) is 46.5 Å². The maximum absolute atomic E-state index is 12.8. The van der Waals surface area contributed by atoms with Crippen LogP contribution in [0.4, 0.5) is 0 Å². The summed E-state index contributed by atoms with van der Waals surface area (Å²) in [7, 11) is -3.01. The molecule has 0 atom stereocenters. The van der Waals surface area contributed by atoms with E-state index in [4.69, 9.17) is 0 Å². The molecule has 0 bridgehead atoms. The quantitative estimate of drug-likeness (QED) is 0.824. The molecule has 3 rings (SSSR count). The summed E-state index contributed by atoms with van der Waals surface area (Å²) in [6.45, 7) is 4.56. The molecule has 5 nitrogen and oxygen atoms in total. The number of hydrogen-bond acceptors (Lipinski definition) is 5. The second-order valence-electron chi connectivity index (χ2n) is 6.17. The first-order chi connectivity index (χ1) is 11.9. The maximum Gasteiger partial charge on any atom is 0.256 e. The number of carbonyl (C=O) groups is 1. The van der Waals surface area contributed by atoms with E-state index in [1.54, 1.807) is 23.2 Å². The van der Waals surface area contributed by atoms with Crippen LogP contribution >= 0.6 is 11.8 Å². The summed E-state index contributed by atoms with van der Waals surface area (Å²) >= 11 is 1.46. The molecule has 0 N–H and O–H groups in total. The van der Waals surface area contributed by atoms with E-state index in [-0.39, 0.29) is 30.5 Å². The molecule has 1 fully saturated rings. The molecule has 0 spiro atoms. The molecule has 132 valence electrons. The van der Waals surface area contributed by atoms with E-state index in [2.05, 4.69) is 11.1 Å². The van der Waals surface area contributed by atoms with Crippen LogP contribution in [0.1, 0.15) is 21.5 Å². The third-order valence-electron chi connectivity index (χ3n) is 4.17. The number of benzene rings is 1. The van der Waals surface area contributed by atoms with Gasteiger partial charge in [-0.3, -0.25) is 4.79 Å². The number of aromatic nitrogens is 1. The number of pyridine rings is 1. The zero-order valence-electron chi connectivity index (χ0n) is 14.2. The first kappa shape index (κ1) is 17.9. The molecule has 0 aliphatic carbocycles. The van der Waals surface area contributed by atoms with Crippen LogP contribution in [-0.4, -0.2) is 48.8 Å². The van der Waals surface area contributed by atoms with Gasteiger partial charge in [-0.2, -0.15) is 0 Å². The Morgan fingerprint density at radius 1 is 1.16 bits per heavy atom. The van der Waals surface area contributed by atoms with Gasteiger partial charge in [0.15, 0.2) is 9.84 Å². The molecular formula is C18H20N2O3S2. The largest absolute Gasteiger partial charge is 0.337 e. The molecule has 1 saturated heterocycles. The predicted octanol–water partition coefficient (Wildman–Crippen LogP) is 2.72. The third-order valence-corrected chi connectivity index (χ3v) is 6.98. The smallest absolute Gasteiger partial charge is 0.256 e. The first-order valence-corrected chi connectivity index (χ1v) is 10.7. The molecule has 1 aliphatic heterocycles. The SMILES string of the molecule is Cc1ccc(Sc2ncccc2C(=O)N2CCS(=O)(=O)CC2)c(C)c1. The third kappa shape index (κ3) is 4.22. The van der Waals surface area contributed by atoms with E-state index in [1.807, 2.05) is 26.0 Å². The standard InChI is InChI=1S/C18H20N2O3S2/c1-13-5-6-16(14(2)12-13)24-17-15(4-3-7-19-17)18(21)20-8-10-25(22,23)11-9-20/h3-7,12H,8-11H2,1-2H3. The molecule has 1 aromatic carbocycles. The Bertz CT molecular complexity index is 896. The highest BCUT2D eigenvalue weighted by atomic mass is 32.2. The van der Waals surface area contributed by atoms with Crippen molar-refractivity contribution in [3.8, 4) is 0 Å². The van der Waals surface area contributed by atoms with Crippen molar-refractivity contribution in [3.63, 3.8) is 0 Å². The molecule has 1 aliphatic rings. The Kier molecular flexibility index (Phi) is 5.15. The number of sulfone groups is 1. The summed E-state index contributed by atoms with van der Waals surface area (Å²) in [5, 5.41) is 0.646. The second-order valence-corrected chi connectivity index (χ2v) is 9.51. The minimum Gasteiger partial charge on any atom is -0.337 e. The molecule has 1 amide bonds. The van der Waals surface area contributed by atoms with Crippen molar-refractivity contribution >= 4 is 27.5 Å². The van der Waals surface area contributed by atoms with Gasteiger partial charge in [0, 0.05) is 24.2 Å². The summed E-state index contributed by atoms with van der Waals surface area (Å²) in [5.74, 6) is -0.104. The van der Waals surface area contributed by atoms with Crippen LogP contribution in [0.2, 0.25) is 0 Å². The van der Waals surface area contributed by atoms with Gasteiger partial charge in [-0.1, -0.05) is 29.5 Å². The summed E-state index contributed by atoms with van der Waals surface area (Å²) in [4.78, 5) is 19.9. The zero-order chi connectivity index (χ0) is 18.0. The van der Waals surface area contributed by atoms with E-state index in [0.717, 1.165) is 10.5 Å². The maximum atomic E-state index is 12.8. The van der Waals surface area contributed by atoms with Gasteiger partial charge in [-0.15, -0.1) is 0 Å². The van der Waals surface area contributed by atoms with Gasteiger partial charge < -0.3 is 4.90 Å². The summed E-state index contributed by atoms with van der Waals surface area (Å²) < 4.78 is 23.1. The van der Waals surface area contributed by atoms with Crippen molar-refractivity contribution in [2.24, 2.45) is 0 Å². The molecule has 0 unspecified atom stereocenters. The van der Waals surface area contributed by atoms with Crippen molar-refractivity contribution in [1.82, 2.24) is 9.88 Å². The normalized spacial score (nSPS) is 16.6. The topological polar surface area (TPSA) is 67.3 Å². The van der Waals surface area contributed by atoms with Gasteiger partial charge in [0.1, 0.15) is 5.03 Å². The number of amides is 1. The Labute approximate surface area is 152 Å². The number of hydrogen-bond donors (Lipinski definition) is 0. The number of rotatable bonds is 3. The van der Waals surface area contributed by atoms with Crippen LogP contribution < -0.4 is 0 Å². The van der Waals surface area contributed by atoms with E-state index in [1.165, 1.54) is 17.3 Å². The van der Waals surface area contributed by atoms with Gasteiger partial charge in [-0.05, 0) is 37.6 Å². The van der Waals surface area contributed by atoms with E-state index < -0.39 is 9.84 Å². The lowest BCUT2D eigenvalue weighted by molar-refractivity contribution is 0.0766. The monoisotopic (exact) mass is 376 g/mol. The zero-order valence-corrected chi connectivity index (χ0v) is 15.9. The lowest BCUT2D eigenvalue weighted by Crippen LogP contribution is -2.43. The molecule has 2 heterocycles. The number of carbonyl (C=O) groups excluding carboxylic acids is 1. The average molecular weight is 377 g/mol. The highest BCUT2D eigenvalue weighted by Crippen LogP contribution is 2.32. The van der Waals surface area contributed by atoms with Crippen molar-refractivity contribution in [2.75, 3.05) is 24.6 Å². The van der Waals surface area contributed by atoms with E-state index in [0.29, 0.717) is 10.6 Å². The Morgan fingerprint density at radius 3 is 2.56 bits per heavy atom. The second kappa shape index (κ2) is 7.17. The van der Waals surface area contributed by atoms with Crippen LogP contribution in [-0.2, 0) is 9.84 Å². The van der Waals surface area contributed by atoms with Gasteiger partial charge in [0.2, 0.25) is 0 Å². The van der Waals surface area contributed by atoms with Gasteiger partial charge in [0.05, 0.1) is 17.1 Å². The van der Waals surface area contributed by atoms with Crippen molar-refractivity contribution in [3.05, 3.63) is 53.2 Å². The fourth-order valence-electron chi connectivity index (χ4n) is 2.74. The highest BCUT2D eigenvalue weighted by Gasteiger charge is 2.27. The Morgan fingerprint density at radius 2 is 1.88 bits per heavy atom. The summed E-state index contributed by atoms with van der Waals surface area (Å²) in [6.07, 6.45) is 1.67. The molecule has 0 radical (unpaired) electrons. The molecule has 7 heteroatoms. The highest BCUT2D eigenvalue weighted by molar-refractivity contribution is 7.99. The molecule has 25 heavy (non-hydrogen) atoms. The number of nitrogens with zero attached hydrogens (tertiary/aromatic N) is 2. The first-order valence-electron chi connectivity index (χ1n) is 8.05. The van der Waals surface area contributed by atoms with Crippen LogP contribution in [0.25, 0.3) is 0 Å². The Balaban J connectivity index is 1.84. The number of aryl methyl sites for hydroxylation is 2. The molecule has 0 saturated carbocycles. The fourth-order valence-corrected chi connectivity index (χ4v) is 4.88. The molecular weight excluding hydrogens is 356 g/mol. The van der Waals surface area contributed by atoms with Crippen molar-refractivity contribution in [1.29, 1.82) is 0 Å². The summed E-state index contributed by atoms with van der Waals surface area (Å²) in [5.41, 5.74) is 2.85. The summed E-state index contributed by atoms with van der Waals surface area (Å²) in [6, 6.07) is 9.66. The minimum atomic E-state index is -3.01. The predicted molar refractivity (Wildman–Crippen MR) is 98.8 cm³/mol. The fraction of sp³-hybridized carbons (Fsp3) is 0.333. The average Bonchev–Trinajstić information content (AvgIpc) is 2.57. The van der Waals surface area contributed by atoms with Gasteiger partial charge >= 0.3 is 0 Å². The van der Waals surface area contributed by atoms with Crippen LogP contribution in [0.3, 0.4) is 0 Å². The van der Waals surface area contributed by atoms with Crippen molar-refractivity contribution < 1.29 is 13.2 Å². The van der Waals surface area contributed by atoms with Gasteiger partial charge in [-0.25, -0.2) is 13.4 Å². The van der Waals surface area contributed by atoms with E-state index >= 15 is 0 Å². The van der Waals surface area contributed by atoms with Crippen LogP contribution in [0.5, 0.6) is 0 Å². The lowest BCUT2D eigenvalue weighted by Gasteiger charge is -2.27. The van der Waals surface area contributed by atoms with Gasteiger partial charge in [0.25, 0.3) is 5.91 Å². The van der Waals surface area contributed by atoms with Crippen LogP contribution in [0, 0.1) is 13.8 Å². The molecule has 2 aromatic rings. The van der Waals surface area contributed by atoms with E-state index in [9.17, 15) is 13.2 Å². The minimum absolute atomic E-state index is 0.0263. The molecule has 1 aromatic heterocycles. The Hall–Kier alpha value is -1.86. The lowest BCUT2D eigenvalue weighted by atomic mass is 10.2. The van der Waals surface area contributed by atoms with Crippen molar-refractivity contribution in [2.45, 2.75) is 23.8 Å².